The van der Waals surface area contributed by atoms with Crippen LogP contribution in [0.5, 0.6) is 0 Å². The van der Waals surface area contributed by atoms with Gasteiger partial charge in [0.05, 0.1) is 5.56 Å². The summed E-state index contributed by atoms with van der Waals surface area (Å²) in [6.07, 6.45) is 2.59. The van der Waals surface area contributed by atoms with Crippen molar-refractivity contribution >= 4 is 17.1 Å². The molecule has 3 heterocycles. The Morgan fingerprint density at radius 3 is 2.85 bits per heavy atom. The highest BCUT2D eigenvalue weighted by atomic mass is 32.1. The summed E-state index contributed by atoms with van der Waals surface area (Å²) < 4.78 is 1.79. The molecule has 0 unspecified atom stereocenters. The zero-order valence-electron chi connectivity index (χ0n) is 15.2. The van der Waals surface area contributed by atoms with Crippen LogP contribution in [0.15, 0.2) is 28.4 Å². The van der Waals surface area contributed by atoms with E-state index in [9.17, 15) is 9.59 Å². The number of Topliss-reactive ketones (excluding diaryl/α,β-unsaturated/α-hetero) is 1. The number of aromatic nitrogens is 4. The summed E-state index contributed by atoms with van der Waals surface area (Å²) in [5, 5.41) is 6.63. The minimum atomic E-state index is -0.250. The van der Waals surface area contributed by atoms with Crippen LogP contribution in [0.3, 0.4) is 0 Å². The average molecular weight is 370 g/mol. The molecule has 6 nitrogen and oxygen atoms in total. The maximum absolute atomic E-state index is 12.5. The molecule has 0 radical (unpaired) electrons. The molecule has 1 N–H and O–H groups in total. The van der Waals surface area contributed by atoms with Crippen LogP contribution in [0.2, 0.25) is 0 Å². The molecular formula is C19H22N4O2S. The van der Waals surface area contributed by atoms with E-state index in [0.717, 1.165) is 12.8 Å². The molecule has 0 aromatic carbocycles. The number of aryl methyl sites for hydroxylation is 2. The topological polar surface area (TPSA) is 80.6 Å². The summed E-state index contributed by atoms with van der Waals surface area (Å²) in [4.78, 5) is 33.0. The van der Waals surface area contributed by atoms with E-state index in [-0.39, 0.29) is 11.3 Å². The van der Waals surface area contributed by atoms with Gasteiger partial charge in [0.1, 0.15) is 0 Å². The Morgan fingerprint density at radius 2 is 2.19 bits per heavy atom. The Morgan fingerprint density at radius 1 is 1.38 bits per heavy atom. The summed E-state index contributed by atoms with van der Waals surface area (Å²) in [6, 6.07) is 5.68. The molecule has 0 bridgehead atoms. The van der Waals surface area contributed by atoms with Crippen molar-refractivity contribution in [3.05, 3.63) is 55.9 Å². The Kier molecular flexibility index (Phi) is 5.46. The minimum absolute atomic E-state index is 0.0848. The molecule has 3 aromatic rings. The number of ketones is 1. The molecule has 3 rings (SSSR count). The van der Waals surface area contributed by atoms with Crippen molar-refractivity contribution in [1.82, 2.24) is 19.7 Å². The first-order valence-corrected chi connectivity index (χ1v) is 9.59. The standard InChI is InChI=1S/C19H22N4O2S/c1-4-5-8-23-18(21-17(22-23)10-14-7-6-9-26-14)16-11-15(13(3)24)12(2)20-19(16)25/h6-7,9,11H,4-5,8,10H2,1-3H3,(H,20,25). The molecule has 3 aromatic heterocycles. The third-order valence-corrected chi connectivity index (χ3v) is 5.09. The van der Waals surface area contributed by atoms with Gasteiger partial charge in [0.15, 0.2) is 17.4 Å². The quantitative estimate of drug-likeness (QED) is 0.644. The van der Waals surface area contributed by atoms with Gasteiger partial charge in [0.2, 0.25) is 0 Å². The number of pyridine rings is 1. The van der Waals surface area contributed by atoms with Crippen molar-refractivity contribution in [3.8, 4) is 11.4 Å². The number of nitrogens with zero attached hydrogens (tertiary/aromatic N) is 3. The van der Waals surface area contributed by atoms with Gasteiger partial charge < -0.3 is 4.98 Å². The molecule has 0 amide bonds. The summed E-state index contributed by atoms with van der Waals surface area (Å²) in [5.74, 6) is 1.12. The lowest BCUT2D eigenvalue weighted by atomic mass is 10.1. The minimum Gasteiger partial charge on any atom is -0.325 e. The van der Waals surface area contributed by atoms with Crippen molar-refractivity contribution < 1.29 is 4.79 Å². The largest absolute Gasteiger partial charge is 0.325 e. The number of H-pyrrole nitrogens is 1. The van der Waals surface area contributed by atoms with E-state index in [1.165, 1.54) is 11.8 Å². The fourth-order valence-corrected chi connectivity index (χ4v) is 3.55. The van der Waals surface area contributed by atoms with Crippen LogP contribution in [0.4, 0.5) is 0 Å². The van der Waals surface area contributed by atoms with Crippen LogP contribution in [-0.4, -0.2) is 25.5 Å². The third kappa shape index (κ3) is 3.83. The van der Waals surface area contributed by atoms with E-state index in [0.29, 0.717) is 41.4 Å². The third-order valence-electron chi connectivity index (χ3n) is 4.21. The number of unbranched alkanes of at least 4 members (excludes halogenated alkanes) is 1. The van der Waals surface area contributed by atoms with Crippen LogP contribution in [0.25, 0.3) is 11.4 Å². The van der Waals surface area contributed by atoms with E-state index < -0.39 is 0 Å². The molecule has 0 aliphatic carbocycles. The first-order chi connectivity index (χ1) is 12.5. The summed E-state index contributed by atoms with van der Waals surface area (Å²) in [6.45, 7) is 6.02. The molecule has 0 atom stereocenters. The Balaban J connectivity index is 2.07. The fraction of sp³-hybridized carbons (Fsp3) is 0.368. The predicted molar refractivity (Wildman–Crippen MR) is 103 cm³/mol. The number of nitrogens with one attached hydrogen (secondary N) is 1. The van der Waals surface area contributed by atoms with Crippen molar-refractivity contribution in [2.24, 2.45) is 0 Å². The lowest BCUT2D eigenvalue weighted by Crippen LogP contribution is -2.16. The number of rotatable bonds is 7. The van der Waals surface area contributed by atoms with E-state index in [1.807, 2.05) is 17.5 Å². The molecule has 26 heavy (non-hydrogen) atoms. The highest BCUT2D eigenvalue weighted by Crippen LogP contribution is 2.20. The van der Waals surface area contributed by atoms with Gasteiger partial charge in [-0.2, -0.15) is 5.10 Å². The van der Waals surface area contributed by atoms with Gasteiger partial charge >= 0.3 is 0 Å². The molecule has 136 valence electrons. The van der Waals surface area contributed by atoms with Crippen LogP contribution in [0, 0.1) is 6.92 Å². The second-order valence-electron chi connectivity index (χ2n) is 6.29. The molecule has 0 saturated carbocycles. The lowest BCUT2D eigenvalue weighted by molar-refractivity contribution is 0.101. The van der Waals surface area contributed by atoms with Gasteiger partial charge in [-0.15, -0.1) is 11.3 Å². The van der Waals surface area contributed by atoms with Gasteiger partial charge in [-0.3, -0.25) is 9.59 Å². The fourth-order valence-electron chi connectivity index (χ4n) is 2.85. The van der Waals surface area contributed by atoms with Gasteiger partial charge in [0.25, 0.3) is 5.56 Å². The summed E-state index contributed by atoms with van der Waals surface area (Å²) in [5.41, 5.74) is 1.22. The van der Waals surface area contributed by atoms with Crippen molar-refractivity contribution in [2.45, 2.75) is 46.6 Å². The summed E-state index contributed by atoms with van der Waals surface area (Å²) in [7, 11) is 0. The van der Waals surface area contributed by atoms with Crippen LogP contribution in [-0.2, 0) is 13.0 Å². The SMILES string of the molecule is CCCCn1nc(Cc2cccs2)nc1-c1cc(C(C)=O)c(C)[nH]c1=O. The molecule has 7 heteroatoms. The Hall–Kier alpha value is -2.54. The van der Waals surface area contributed by atoms with Crippen molar-refractivity contribution in [3.63, 3.8) is 0 Å². The zero-order chi connectivity index (χ0) is 18.7. The van der Waals surface area contributed by atoms with Crippen LogP contribution in [0.1, 0.15) is 53.4 Å². The van der Waals surface area contributed by atoms with Gasteiger partial charge in [0, 0.05) is 29.1 Å². The highest BCUT2D eigenvalue weighted by molar-refractivity contribution is 7.09. The number of carbonyl (C=O) groups excluding carboxylic acids is 1. The van der Waals surface area contributed by atoms with Gasteiger partial charge in [-0.25, -0.2) is 9.67 Å². The maximum atomic E-state index is 12.5. The van der Waals surface area contributed by atoms with E-state index in [1.54, 1.807) is 29.0 Å². The Labute approximate surface area is 155 Å². The number of aromatic amines is 1. The van der Waals surface area contributed by atoms with Crippen molar-refractivity contribution in [2.75, 3.05) is 0 Å². The monoisotopic (exact) mass is 370 g/mol. The molecule has 0 saturated heterocycles. The molecule has 0 aliphatic rings. The van der Waals surface area contributed by atoms with Crippen LogP contribution >= 0.6 is 11.3 Å². The lowest BCUT2D eigenvalue weighted by Gasteiger charge is -2.07. The predicted octanol–water partition coefficient (Wildman–Crippen LogP) is 3.60. The summed E-state index contributed by atoms with van der Waals surface area (Å²) >= 11 is 1.66. The van der Waals surface area contributed by atoms with E-state index in [4.69, 9.17) is 0 Å². The smallest absolute Gasteiger partial charge is 0.259 e. The van der Waals surface area contributed by atoms with Gasteiger partial charge in [-0.1, -0.05) is 19.4 Å². The van der Waals surface area contributed by atoms with E-state index in [2.05, 4.69) is 22.0 Å². The molecule has 0 fully saturated rings. The number of carbonyl (C=O) groups is 1. The molecule has 0 aliphatic heterocycles. The average Bonchev–Trinajstić information content (AvgIpc) is 3.23. The number of hydrogen-bond acceptors (Lipinski definition) is 5. The second-order valence-corrected chi connectivity index (χ2v) is 7.32. The zero-order valence-corrected chi connectivity index (χ0v) is 16.0. The first kappa shape index (κ1) is 18.3. The maximum Gasteiger partial charge on any atom is 0.259 e. The second kappa shape index (κ2) is 7.78. The first-order valence-electron chi connectivity index (χ1n) is 8.71. The molecule has 0 spiro atoms. The number of hydrogen-bond donors (Lipinski definition) is 1. The molecular weight excluding hydrogens is 348 g/mol. The van der Waals surface area contributed by atoms with E-state index >= 15 is 0 Å². The van der Waals surface area contributed by atoms with Gasteiger partial charge in [-0.05, 0) is 37.8 Å². The van der Waals surface area contributed by atoms with Crippen LogP contribution < -0.4 is 5.56 Å². The highest BCUT2D eigenvalue weighted by Gasteiger charge is 2.18. The number of thiophene rings is 1. The van der Waals surface area contributed by atoms with Crippen molar-refractivity contribution in [1.29, 1.82) is 0 Å². The Bertz CT molecular complexity index is 970. The normalized spacial score (nSPS) is 11.0.